The van der Waals surface area contributed by atoms with Crippen LogP contribution in [-0.2, 0) is 19.6 Å². The van der Waals surface area contributed by atoms with Crippen molar-refractivity contribution < 1.29 is 18.0 Å². The van der Waals surface area contributed by atoms with E-state index in [9.17, 15) is 18.0 Å². The lowest BCUT2D eigenvalue weighted by atomic mass is 10.2. The number of nitrogens with one attached hydrogen (secondary N) is 1. The maximum atomic E-state index is 12.5. The molecule has 9 heteroatoms. The normalized spacial score (nSPS) is 15.8. The average molecular weight is 423 g/mol. The molecule has 0 spiro atoms. The highest BCUT2D eigenvalue weighted by Gasteiger charge is 2.28. The molecule has 0 aliphatic carbocycles. The van der Waals surface area contributed by atoms with Crippen molar-refractivity contribution in [2.75, 3.05) is 52.4 Å². The summed E-state index contributed by atoms with van der Waals surface area (Å²) >= 11 is 0. The maximum absolute atomic E-state index is 12.5. The van der Waals surface area contributed by atoms with Crippen LogP contribution in [0.3, 0.4) is 0 Å². The molecule has 0 saturated carbocycles. The smallest absolute Gasteiger partial charge is 0.236 e. The molecule has 1 N–H and O–H groups in total. The van der Waals surface area contributed by atoms with Crippen molar-refractivity contribution in [1.82, 2.24) is 19.4 Å². The van der Waals surface area contributed by atoms with E-state index in [4.69, 9.17) is 0 Å². The first-order valence-electron chi connectivity index (χ1n) is 9.85. The predicted octanol–water partition coefficient (Wildman–Crippen LogP) is 0.589. The van der Waals surface area contributed by atoms with Gasteiger partial charge in [-0.05, 0) is 25.1 Å². The van der Waals surface area contributed by atoms with Crippen molar-refractivity contribution in [3.05, 3.63) is 41.3 Å². The first-order chi connectivity index (χ1) is 13.9. The molecule has 8 nitrogen and oxygen atoms in total. The molecule has 160 valence electrons. The van der Waals surface area contributed by atoms with Crippen LogP contribution < -0.4 is 5.32 Å². The molecular weight excluding hydrogens is 392 g/mol. The van der Waals surface area contributed by atoms with Gasteiger partial charge in [-0.2, -0.15) is 4.31 Å². The molecule has 1 heterocycles. The van der Waals surface area contributed by atoms with Gasteiger partial charge in [0, 0.05) is 38.1 Å². The second-order valence-corrected chi connectivity index (χ2v) is 8.61. The van der Waals surface area contributed by atoms with Gasteiger partial charge in [-0.25, -0.2) is 8.42 Å². The van der Waals surface area contributed by atoms with E-state index in [2.05, 4.69) is 5.32 Å². The van der Waals surface area contributed by atoms with Crippen LogP contribution in [-0.4, -0.2) is 86.7 Å². The van der Waals surface area contributed by atoms with Crippen molar-refractivity contribution in [3.8, 4) is 0 Å². The number of hydrogen-bond donors (Lipinski definition) is 1. The number of likely N-dealkylation sites (N-methyl/N-ethyl adjacent to an activating group) is 2. The molecule has 1 aliphatic heterocycles. The molecule has 0 radical (unpaired) electrons. The van der Waals surface area contributed by atoms with Gasteiger partial charge in [0.25, 0.3) is 0 Å². The molecule has 1 saturated heterocycles. The SMILES string of the molecule is CCNC(=O)CN(CC)CC(=O)N1CCN(S(=O)(=O)/C=C/c2ccccc2)CC1. The Labute approximate surface area is 173 Å². The minimum absolute atomic E-state index is 0.0898. The van der Waals surface area contributed by atoms with Crippen molar-refractivity contribution in [2.24, 2.45) is 0 Å². The number of hydrogen-bond acceptors (Lipinski definition) is 5. The number of benzene rings is 1. The van der Waals surface area contributed by atoms with Gasteiger partial charge in [0.05, 0.1) is 13.1 Å². The summed E-state index contributed by atoms with van der Waals surface area (Å²) in [5.74, 6) is -0.198. The quantitative estimate of drug-likeness (QED) is 0.629. The van der Waals surface area contributed by atoms with Gasteiger partial charge < -0.3 is 10.2 Å². The zero-order chi connectivity index (χ0) is 21.3. The molecule has 0 unspecified atom stereocenters. The Morgan fingerprint density at radius 3 is 2.31 bits per heavy atom. The molecule has 2 rings (SSSR count). The van der Waals surface area contributed by atoms with Crippen LogP contribution in [0, 0.1) is 0 Å². The molecule has 0 atom stereocenters. The van der Waals surface area contributed by atoms with E-state index in [-0.39, 0.29) is 38.0 Å². The van der Waals surface area contributed by atoms with E-state index in [1.807, 2.05) is 44.2 Å². The Morgan fingerprint density at radius 2 is 1.72 bits per heavy atom. The predicted molar refractivity (Wildman–Crippen MR) is 113 cm³/mol. The fourth-order valence-corrected chi connectivity index (χ4v) is 4.21. The highest BCUT2D eigenvalue weighted by Crippen LogP contribution is 2.12. The van der Waals surface area contributed by atoms with Crippen molar-refractivity contribution in [2.45, 2.75) is 13.8 Å². The van der Waals surface area contributed by atoms with Crippen LogP contribution in [0.2, 0.25) is 0 Å². The Kier molecular flexibility index (Phi) is 8.81. The van der Waals surface area contributed by atoms with Crippen LogP contribution in [0.15, 0.2) is 35.7 Å². The van der Waals surface area contributed by atoms with Crippen molar-refractivity contribution in [1.29, 1.82) is 0 Å². The molecule has 1 aliphatic rings. The fourth-order valence-electron chi connectivity index (χ4n) is 3.03. The minimum atomic E-state index is -3.53. The van der Waals surface area contributed by atoms with Gasteiger partial charge >= 0.3 is 0 Å². The third-order valence-corrected chi connectivity index (χ3v) is 6.30. The number of carbonyl (C=O) groups excluding carboxylic acids is 2. The molecule has 29 heavy (non-hydrogen) atoms. The Balaban J connectivity index is 1.86. The van der Waals surface area contributed by atoms with Crippen LogP contribution in [0.1, 0.15) is 19.4 Å². The van der Waals surface area contributed by atoms with Gasteiger partial charge in [-0.15, -0.1) is 0 Å². The second-order valence-electron chi connectivity index (χ2n) is 6.79. The largest absolute Gasteiger partial charge is 0.355 e. The summed E-state index contributed by atoms with van der Waals surface area (Å²) in [4.78, 5) is 27.7. The first-order valence-corrected chi connectivity index (χ1v) is 11.4. The van der Waals surface area contributed by atoms with Gasteiger partial charge in [0.2, 0.25) is 21.8 Å². The Bertz CT molecular complexity index is 803. The lowest BCUT2D eigenvalue weighted by Gasteiger charge is -2.34. The summed E-state index contributed by atoms with van der Waals surface area (Å²) in [5, 5.41) is 3.94. The molecule has 1 aromatic carbocycles. The van der Waals surface area contributed by atoms with Gasteiger partial charge in [-0.3, -0.25) is 14.5 Å². The van der Waals surface area contributed by atoms with E-state index >= 15 is 0 Å². The average Bonchev–Trinajstić information content (AvgIpc) is 2.73. The monoisotopic (exact) mass is 422 g/mol. The maximum Gasteiger partial charge on any atom is 0.236 e. The summed E-state index contributed by atoms with van der Waals surface area (Å²) in [6.07, 6.45) is 1.58. The first kappa shape index (κ1) is 23.1. The molecular formula is C20H30N4O4S. The lowest BCUT2D eigenvalue weighted by molar-refractivity contribution is -0.134. The van der Waals surface area contributed by atoms with Crippen LogP contribution in [0.5, 0.6) is 0 Å². The van der Waals surface area contributed by atoms with E-state index in [1.165, 1.54) is 9.71 Å². The van der Waals surface area contributed by atoms with Crippen LogP contribution >= 0.6 is 0 Å². The van der Waals surface area contributed by atoms with E-state index in [1.54, 1.807) is 15.9 Å². The number of piperazine rings is 1. The molecule has 2 amide bonds. The summed E-state index contributed by atoms with van der Waals surface area (Å²) in [6, 6.07) is 9.24. The zero-order valence-electron chi connectivity index (χ0n) is 17.1. The van der Waals surface area contributed by atoms with Crippen molar-refractivity contribution in [3.63, 3.8) is 0 Å². The standard InChI is InChI=1S/C20H30N4O4S/c1-3-21-19(25)16-22(4-2)17-20(26)23-11-13-24(14-12-23)29(27,28)15-10-18-8-6-5-7-9-18/h5-10,15H,3-4,11-14,16-17H2,1-2H3,(H,21,25)/b15-10+. The highest BCUT2D eigenvalue weighted by atomic mass is 32.2. The summed E-state index contributed by atoms with van der Waals surface area (Å²) < 4.78 is 26.4. The van der Waals surface area contributed by atoms with Crippen LogP contribution in [0.4, 0.5) is 0 Å². The van der Waals surface area contributed by atoms with E-state index in [0.717, 1.165) is 5.56 Å². The van der Waals surface area contributed by atoms with Gasteiger partial charge in [-0.1, -0.05) is 37.3 Å². The van der Waals surface area contributed by atoms with E-state index < -0.39 is 10.0 Å². The third-order valence-electron chi connectivity index (χ3n) is 4.73. The topological polar surface area (TPSA) is 90.0 Å². The highest BCUT2D eigenvalue weighted by molar-refractivity contribution is 7.92. The summed E-state index contributed by atoms with van der Waals surface area (Å²) in [5.41, 5.74) is 0.816. The summed E-state index contributed by atoms with van der Waals surface area (Å²) in [7, 11) is -3.53. The van der Waals surface area contributed by atoms with Gasteiger partial charge in [0.15, 0.2) is 0 Å². The number of carbonyl (C=O) groups is 2. The second kappa shape index (κ2) is 11.1. The van der Waals surface area contributed by atoms with Crippen molar-refractivity contribution >= 4 is 27.9 Å². The fraction of sp³-hybridized carbons (Fsp3) is 0.500. The Morgan fingerprint density at radius 1 is 1.07 bits per heavy atom. The zero-order valence-corrected chi connectivity index (χ0v) is 17.9. The molecule has 1 aromatic rings. The molecule has 1 fully saturated rings. The van der Waals surface area contributed by atoms with E-state index in [0.29, 0.717) is 26.2 Å². The number of sulfonamides is 1. The summed E-state index contributed by atoms with van der Waals surface area (Å²) in [6.45, 7) is 6.42. The third kappa shape index (κ3) is 7.26. The number of nitrogens with zero attached hydrogens (tertiary/aromatic N) is 3. The minimum Gasteiger partial charge on any atom is -0.355 e. The lowest BCUT2D eigenvalue weighted by Crippen LogP contribution is -2.52. The Hall–Kier alpha value is -2.23. The molecule has 0 aromatic heterocycles. The number of amides is 2. The molecule has 0 bridgehead atoms. The van der Waals surface area contributed by atoms with Gasteiger partial charge in [0.1, 0.15) is 0 Å². The van der Waals surface area contributed by atoms with Crippen LogP contribution in [0.25, 0.3) is 6.08 Å². The number of rotatable bonds is 9.